The van der Waals surface area contributed by atoms with Gasteiger partial charge in [-0.1, -0.05) is 19.8 Å². The highest BCUT2D eigenvalue weighted by atomic mass is 14.9. The van der Waals surface area contributed by atoms with Crippen molar-refractivity contribution in [1.82, 2.24) is 10.3 Å². The van der Waals surface area contributed by atoms with Crippen LogP contribution < -0.4 is 5.32 Å². The van der Waals surface area contributed by atoms with Gasteiger partial charge in [-0.3, -0.25) is 4.98 Å². The fraction of sp³-hybridized carbons (Fsp3) is 0.615. The molecule has 1 heterocycles. The summed E-state index contributed by atoms with van der Waals surface area (Å²) in [5, 5.41) is 3.66. The second-order valence-corrected chi connectivity index (χ2v) is 4.60. The average molecular weight is 204 g/mol. The van der Waals surface area contributed by atoms with Crippen molar-refractivity contribution in [2.75, 3.05) is 0 Å². The quantitative estimate of drug-likeness (QED) is 0.819. The van der Waals surface area contributed by atoms with Gasteiger partial charge in [0.2, 0.25) is 0 Å². The average Bonchev–Trinajstić information content (AvgIpc) is 2.29. The lowest BCUT2D eigenvalue weighted by Crippen LogP contribution is -2.36. The predicted molar refractivity (Wildman–Crippen MR) is 62.5 cm³/mol. The van der Waals surface area contributed by atoms with Crippen LogP contribution in [0.1, 0.15) is 38.2 Å². The molecule has 1 aromatic heterocycles. The minimum atomic E-state index is 0.715. The van der Waals surface area contributed by atoms with Crippen LogP contribution >= 0.6 is 0 Å². The number of hydrogen-bond acceptors (Lipinski definition) is 2. The summed E-state index contributed by atoms with van der Waals surface area (Å²) in [6, 6.07) is 4.88. The third kappa shape index (κ3) is 3.03. The fourth-order valence-corrected chi connectivity index (χ4v) is 2.37. The minimum Gasteiger partial charge on any atom is -0.310 e. The van der Waals surface area contributed by atoms with Crippen LogP contribution in [0.4, 0.5) is 0 Å². The number of nitrogens with zero attached hydrogens (tertiary/aromatic N) is 1. The maximum atomic E-state index is 4.03. The molecule has 1 aliphatic rings. The van der Waals surface area contributed by atoms with Gasteiger partial charge in [0.05, 0.1) is 0 Å². The molecular formula is C13H20N2. The maximum absolute atomic E-state index is 4.03. The summed E-state index contributed by atoms with van der Waals surface area (Å²) < 4.78 is 0. The van der Waals surface area contributed by atoms with Gasteiger partial charge in [-0.05, 0) is 36.5 Å². The molecule has 0 aliphatic heterocycles. The van der Waals surface area contributed by atoms with E-state index >= 15 is 0 Å². The molecule has 0 spiro atoms. The Bertz CT molecular complexity index is 284. The lowest BCUT2D eigenvalue weighted by atomic mass is 9.86. The van der Waals surface area contributed by atoms with Crippen LogP contribution in [0.5, 0.6) is 0 Å². The van der Waals surface area contributed by atoms with Crippen LogP contribution in [-0.2, 0) is 6.54 Å². The molecule has 0 saturated heterocycles. The van der Waals surface area contributed by atoms with Crippen LogP contribution in [0, 0.1) is 5.92 Å². The molecule has 2 rings (SSSR count). The van der Waals surface area contributed by atoms with E-state index in [0.717, 1.165) is 12.5 Å². The Balaban J connectivity index is 1.82. The van der Waals surface area contributed by atoms with Gasteiger partial charge in [-0.2, -0.15) is 0 Å². The molecule has 1 saturated carbocycles. The Hall–Kier alpha value is -0.890. The molecular weight excluding hydrogens is 184 g/mol. The second kappa shape index (κ2) is 5.26. The van der Waals surface area contributed by atoms with E-state index in [1.807, 2.05) is 12.4 Å². The number of hydrogen-bond donors (Lipinski definition) is 1. The highest BCUT2D eigenvalue weighted by Gasteiger charge is 2.20. The Morgan fingerprint density at radius 3 is 2.73 bits per heavy atom. The lowest BCUT2D eigenvalue weighted by molar-refractivity contribution is 0.279. The number of pyridine rings is 1. The Labute approximate surface area is 92.1 Å². The molecule has 2 heteroatoms. The molecule has 1 aliphatic carbocycles. The molecule has 0 bridgehead atoms. The fourth-order valence-electron chi connectivity index (χ4n) is 2.37. The van der Waals surface area contributed by atoms with Gasteiger partial charge in [0.1, 0.15) is 0 Å². The van der Waals surface area contributed by atoms with Crippen molar-refractivity contribution in [2.45, 2.75) is 45.2 Å². The van der Waals surface area contributed by atoms with Gasteiger partial charge in [-0.25, -0.2) is 0 Å². The molecule has 2 atom stereocenters. The van der Waals surface area contributed by atoms with E-state index < -0.39 is 0 Å². The molecule has 2 unspecified atom stereocenters. The van der Waals surface area contributed by atoms with E-state index in [-0.39, 0.29) is 0 Å². The van der Waals surface area contributed by atoms with Crippen molar-refractivity contribution in [2.24, 2.45) is 5.92 Å². The first kappa shape index (κ1) is 10.6. The predicted octanol–water partition coefficient (Wildman–Crippen LogP) is 2.75. The van der Waals surface area contributed by atoms with Crippen molar-refractivity contribution in [3.63, 3.8) is 0 Å². The molecule has 0 radical (unpaired) electrons. The van der Waals surface area contributed by atoms with Gasteiger partial charge < -0.3 is 5.32 Å². The standard InChI is InChI=1S/C13H20N2/c1-11-4-2-3-5-13(11)15-10-12-6-8-14-9-7-12/h6-9,11,13,15H,2-5,10H2,1H3. The Morgan fingerprint density at radius 2 is 2.00 bits per heavy atom. The van der Waals surface area contributed by atoms with E-state index in [1.165, 1.54) is 31.2 Å². The first-order chi connectivity index (χ1) is 7.36. The van der Waals surface area contributed by atoms with E-state index in [4.69, 9.17) is 0 Å². The van der Waals surface area contributed by atoms with Gasteiger partial charge >= 0.3 is 0 Å². The van der Waals surface area contributed by atoms with Gasteiger partial charge in [-0.15, -0.1) is 0 Å². The summed E-state index contributed by atoms with van der Waals surface area (Å²) in [5.41, 5.74) is 1.34. The van der Waals surface area contributed by atoms with Crippen LogP contribution in [0.2, 0.25) is 0 Å². The summed E-state index contributed by atoms with van der Waals surface area (Å²) in [5.74, 6) is 0.834. The van der Waals surface area contributed by atoms with Crippen molar-refractivity contribution >= 4 is 0 Å². The largest absolute Gasteiger partial charge is 0.310 e. The van der Waals surface area contributed by atoms with E-state index in [0.29, 0.717) is 6.04 Å². The first-order valence-corrected chi connectivity index (χ1v) is 5.98. The zero-order valence-electron chi connectivity index (χ0n) is 9.45. The molecule has 82 valence electrons. The van der Waals surface area contributed by atoms with Gasteiger partial charge in [0.15, 0.2) is 0 Å². The van der Waals surface area contributed by atoms with Crippen LogP contribution in [0.25, 0.3) is 0 Å². The third-order valence-corrected chi connectivity index (χ3v) is 3.43. The monoisotopic (exact) mass is 204 g/mol. The summed E-state index contributed by atoms with van der Waals surface area (Å²) in [4.78, 5) is 4.03. The van der Waals surface area contributed by atoms with Crippen molar-refractivity contribution in [1.29, 1.82) is 0 Å². The Morgan fingerprint density at radius 1 is 1.27 bits per heavy atom. The molecule has 1 fully saturated rings. The normalized spacial score (nSPS) is 26.5. The van der Waals surface area contributed by atoms with E-state index in [1.54, 1.807) is 0 Å². The molecule has 2 nitrogen and oxygen atoms in total. The van der Waals surface area contributed by atoms with E-state index in [2.05, 4.69) is 29.4 Å². The number of nitrogens with one attached hydrogen (secondary N) is 1. The van der Waals surface area contributed by atoms with Crippen LogP contribution in [0.15, 0.2) is 24.5 Å². The maximum Gasteiger partial charge on any atom is 0.0271 e. The summed E-state index contributed by atoms with van der Waals surface area (Å²) in [6.07, 6.45) is 9.25. The summed E-state index contributed by atoms with van der Waals surface area (Å²) in [6.45, 7) is 3.35. The Kier molecular flexibility index (Phi) is 3.73. The van der Waals surface area contributed by atoms with Crippen molar-refractivity contribution in [3.8, 4) is 0 Å². The zero-order valence-corrected chi connectivity index (χ0v) is 9.45. The van der Waals surface area contributed by atoms with Crippen LogP contribution in [-0.4, -0.2) is 11.0 Å². The number of rotatable bonds is 3. The molecule has 15 heavy (non-hydrogen) atoms. The second-order valence-electron chi connectivity index (χ2n) is 4.60. The van der Waals surface area contributed by atoms with Crippen LogP contribution in [0.3, 0.4) is 0 Å². The summed E-state index contributed by atoms with van der Waals surface area (Å²) in [7, 11) is 0. The summed E-state index contributed by atoms with van der Waals surface area (Å²) >= 11 is 0. The first-order valence-electron chi connectivity index (χ1n) is 5.98. The van der Waals surface area contributed by atoms with Crippen molar-refractivity contribution < 1.29 is 0 Å². The smallest absolute Gasteiger partial charge is 0.0271 e. The highest BCUT2D eigenvalue weighted by Crippen LogP contribution is 2.23. The topological polar surface area (TPSA) is 24.9 Å². The molecule has 1 aromatic rings. The minimum absolute atomic E-state index is 0.715. The molecule has 0 aromatic carbocycles. The zero-order chi connectivity index (χ0) is 10.5. The SMILES string of the molecule is CC1CCCCC1NCc1ccncc1. The third-order valence-electron chi connectivity index (χ3n) is 3.43. The molecule has 1 N–H and O–H groups in total. The van der Waals surface area contributed by atoms with Gasteiger partial charge in [0, 0.05) is 25.0 Å². The van der Waals surface area contributed by atoms with Crippen molar-refractivity contribution in [3.05, 3.63) is 30.1 Å². The van der Waals surface area contributed by atoms with Gasteiger partial charge in [0.25, 0.3) is 0 Å². The van der Waals surface area contributed by atoms with E-state index in [9.17, 15) is 0 Å². The highest BCUT2D eigenvalue weighted by molar-refractivity contribution is 5.09. The number of aromatic nitrogens is 1. The molecule has 0 amide bonds. The lowest BCUT2D eigenvalue weighted by Gasteiger charge is -2.29.